The second-order valence-corrected chi connectivity index (χ2v) is 8.43. The van der Waals surface area contributed by atoms with Crippen molar-refractivity contribution in [2.75, 3.05) is 31.6 Å². The van der Waals surface area contributed by atoms with Crippen LogP contribution in [0.5, 0.6) is 5.75 Å². The molecule has 7 heteroatoms. The summed E-state index contributed by atoms with van der Waals surface area (Å²) in [5, 5.41) is 14.8. The van der Waals surface area contributed by atoms with Crippen LogP contribution in [-0.4, -0.2) is 53.8 Å². The van der Waals surface area contributed by atoms with Gasteiger partial charge in [0.1, 0.15) is 11.4 Å². The standard InChI is InChI=1S/C22H35N3O4/c1-4-28-18-8-12-22(3,13-9-18)24-14-10-17(11-15-24)23-20-16-19(29-5-2)6-7-21(20)25(26)27/h6-7,16-18,23H,4-5,8-15H2,1-3H3/t18-,22-. The Morgan fingerprint density at radius 1 is 1.17 bits per heavy atom. The number of nitrogens with one attached hydrogen (secondary N) is 1. The quantitative estimate of drug-likeness (QED) is 0.503. The van der Waals surface area contributed by atoms with Gasteiger partial charge < -0.3 is 14.8 Å². The van der Waals surface area contributed by atoms with Crippen LogP contribution in [0, 0.1) is 10.1 Å². The molecule has 29 heavy (non-hydrogen) atoms. The predicted octanol–water partition coefficient (Wildman–Crippen LogP) is 4.61. The van der Waals surface area contributed by atoms with E-state index in [0.29, 0.717) is 24.1 Å². The molecule has 1 saturated carbocycles. The van der Waals surface area contributed by atoms with E-state index in [1.165, 1.54) is 18.9 Å². The minimum Gasteiger partial charge on any atom is -0.494 e. The van der Waals surface area contributed by atoms with E-state index in [1.807, 2.05) is 6.92 Å². The predicted molar refractivity (Wildman–Crippen MR) is 115 cm³/mol. The van der Waals surface area contributed by atoms with Gasteiger partial charge in [-0.05, 0) is 65.4 Å². The van der Waals surface area contributed by atoms with Crippen molar-refractivity contribution in [1.29, 1.82) is 0 Å². The molecule has 2 fully saturated rings. The normalized spacial score (nSPS) is 26.2. The van der Waals surface area contributed by atoms with E-state index in [4.69, 9.17) is 9.47 Å². The Morgan fingerprint density at radius 2 is 1.86 bits per heavy atom. The zero-order valence-corrected chi connectivity index (χ0v) is 18.0. The van der Waals surface area contributed by atoms with E-state index in [9.17, 15) is 10.1 Å². The summed E-state index contributed by atoms with van der Waals surface area (Å²) in [4.78, 5) is 13.7. The number of anilines is 1. The number of likely N-dealkylation sites (tertiary alicyclic amines) is 1. The van der Waals surface area contributed by atoms with Crippen molar-refractivity contribution in [3.63, 3.8) is 0 Å². The molecule has 0 unspecified atom stereocenters. The van der Waals surface area contributed by atoms with Gasteiger partial charge in [-0.2, -0.15) is 0 Å². The monoisotopic (exact) mass is 405 g/mol. The lowest BCUT2D eigenvalue weighted by atomic mass is 9.79. The third-order valence-corrected chi connectivity index (χ3v) is 6.51. The lowest BCUT2D eigenvalue weighted by Crippen LogP contribution is -2.53. The van der Waals surface area contributed by atoms with Crippen molar-refractivity contribution in [2.45, 2.75) is 77.0 Å². The minimum absolute atomic E-state index is 0.108. The third-order valence-electron chi connectivity index (χ3n) is 6.51. The number of hydrogen-bond acceptors (Lipinski definition) is 6. The van der Waals surface area contributed by atoms with Crippen molar-refractivity contribution in [3.8, 4) is 5.75 Å². The van der Waals surface area contributed by atoms with Crippen LogP contribution >= 0.6 is 0 Å². The van der Waals surface area contributed by atoms with E-state index in [0.717, 1.165) is 45.4 Å². The molecule has 0 spiro atoms. The molecule has 3 rings (SSSR count). The molecule has 1 N–H and O–H groups in total. The summed E-state index contributed by atoms with van der Waals surface area (Å²) in [7, 11) is 0. The van der Waals surface area contributed by atoms with Crippen LogP contribution in [0.3, 0.4) is 0 Å². The number of hydrogen-bond donors (Lipinski definition) is 1. The molecule has 1 aromatic carbocycles. The highest BCUT2D eigenvalue weighted by Crippen LogP contribution is 2.37. The molecule has 1 heterocycles. The van der Waals surface area contributed by atoms with Gasteiger partial charge in [0.15, 0.2) is 0 Å². The number of nitro benzene ring substituents is 1. The number of nitro groups is 1. The second-order valence-electron chi connectivity index (χ2n) is 8.43. The highest BCUT2D eigenvalue weighted by atomic mass is 16.6. The topological polar surface area (TPSA) is 76.9 Å². The highest BCUT2D eigenvalue weighted by molar-refractivity contribution is 5.64. The van der Waals surface area contributed by atoms with Crippen molar-refractivity contribution in [3.05, 3.63) is 28.3 Å². The molecule has 162 valence electrons. The molecule has 0 bridgehead atoms. The molecule has 0 aromatic heterocycles. The number of piperidine rings is 1. The summed E-state index contributed by atoms with van der Waals surface area (Å²) in [6, 6.07) is 5.18. The van der Waals surface area contributed by atoms with Crippen LogP contribution < -0.4 is 10.1 Å². The number of benzene rings is 1. The van der Waals surface area contributed by atoms with Crippen molar-refractivity contribution < 1.29 is 14.4 Å². The third kappa shape index (κ3) is 5.39. The first-order valence-electron chi connectivity index (χ1n) is 11.0. The van der Waals surface area contributed by atoms with Gasteiger partial charge >= 0.3 is 0 Å². The van der Waals surface area contributed by atoms with E-state index in [1.54, 1.807) is 12.1 Å². The average Bonchev–Trinajstić information content (AvgIpc) is 2.71. The van der Waals surface area contributed by atoms with Crippen LogP contribution in [0.2, 0.25) is 0 Å². The summed E-state index contributed by atoms with van der Waals surface area (Å²) in [6.07, 6.45) is 7.03. The van der Waals surface area contributed by atoms with Gasteiger partial charge in [0.05, 0.1) is 17.6 Å². The molecule has 0 radical (unpaired) electrons. The molecular formula is C22H35N3O4. The zero-order valence-electron chi connectivity index (χ0n) is 18.0. The Bertz CT molecular complexity index is 681. The van der Waals surface area contributed by atoms with Crippen molar-refractivity contribution >= 4 is 11.4 Å². The SMILES string of the molecule is CCOc1ccc([N+](=O)[O-])c(NC2CCN([C@]3(C)CC[C@@H](OCC)CC3)CC2)c1. The second kappa shape index (κ2) is 9.76. The maximum absolute atomic E-state index is 11.4. The van der Waals surface area contributed by atoms with Gasteiger partial charge in [-0.15, -0.1) is 0 Å². The maximum Gasteiger partial charge on any atom is 0.292 e. The zero-order chi connectivity index (χ0) is 20.9. The lowest BCUT2D eigenvalue weighted by Gasteiger charge is -2.48. The fraction of sp³-hybridized carbons (Fsp3) is 0.727. The molecule has 1 aliphatic carbocycles. The number of nitrogens with zero attached hydrogens (tertiary/aromatic N) is 2. The van der Waals surface area contributed by atoms with Crippen LogP contribution in [0.4, 0.5) is 11.4 Å². The molecular weight excluding hydrogens is 370 g/mol. The van der Waals surface area contributed by atoms with Crippen molar-refractivity contribution in [1.82, 2.24) is 4.90 Å². The molecule has 1 aromatic rings. The van der Waals surface area contributed by atoms with Crippen LogP contribution in [0.25, 0.3) is 0 Å². The van der Waals surface area contributed by atoms with Gasteiger partial charge in [0, 0.05) is 43.4 Å². The first-order valence-corrected chi connectivity index (χ1v) is 11.0. The van der Waals surface area contributed by atoms with Crippen molar-refractivity contribution in [2.24, 2.45) is 0 Å². The van der Waals surface area contributed by atoms with E-state index in [2.05, 4.69) is 24.1 Å². The highest BCUT2D eigenvalue weighted by Gasteiger charge is 2.38. The van der Waals surface area contributed by atoms with Gasteiger partial charge in [0.25, 0.3) is 5.69 Å². The Kier molecular flexibility index (Phi) is 7.35. The Morgan fingerprint density at radius 3 is 2.45 bits per heavy atom. The fourth-order valence-electron chi connectivity index (χ4n) is 4.76. The molecule has 0 atom stereocenters. The first kappa shape index (κ1) is 21.8. The largest absolute Gasteiger partial charge is 0.494 e. The van der Waals surface area contributed by atoms with E-state index < -0.39 is 0 Å². The molecule has 7 nitrogen and oxygen atoms in total. The number of ether oxygens (including phenoxy) is 2. The maximum atomic E-state index is 11.4. The van der Waals surface area contributed by atoms with Crippen LogP contribution in [0.15, 0.2) is 18.2 Å². The van der Waals surface area contributed by atoms with Gasteiger partial charge in [0.2, 0.25) is 0 Å². The van der Waals surface area contributed by atoms with E-state index in [-0.39, 0.29) is 22.2 Å². The molecule has 1 aliphatic heterocycles. The first-order chi connectivity index (χ1) is 13.9. The minimum atomic E-state index is -0.328. The van der Waals surface area contributed by atoms with Crippen LogP contribution in [0.1, 0.15) is 59.3 Å². The summed E-state index contributed by atoms with van der Waals surface area (Å²) < 4.78 is 11.3. The summed E-state index contributed by atoms with van der Waals surface area (Å²) in [5.74, 6) is 0.664. The fourth-order valence-corrected chi connectivity index (χ4v) is 4.76. The lowest BCUT2D eigenvalue weighted by molar-refractivity contribution is -0.384. The Labute approximate surface area is 173 Å². The average molecular weight is 406 g/mol. The number of rotatable bonds is 8. The van der Waals surface area contributed by atoms with Gasteiger partial charge in [-0.25, -0.2) is 0 Å². The summed E-state index contributed by atoms with van der Waals surface area (Å²) in [6.45, 7) is 9.75. The summed E-state index contributed by atoms with van der Waals surface area (Å²) in [5.41, 5.74) is 0.916. The Hall–Kier alpha value is -1.86. The Balaban J connectivity index is 1.57. The van der Waals surface area contributed by atoms with Crippen LogP contribution in [-0.2, 0) is 4.74 Å². The van der Waals surface area contributed by atoms with E-state index >= 15 is 0 Å². The van der Waals surface area contributed by atoms with Gasteiger partial charge in [-0.1, -0.05) is 0 Å². The molecule has 1 saturated heterocycles. The molecule has 2 aliphatic rings. The molecule has 0 amide bonds. The summed E-state index contributed by atoms with van der Waals surface area (Å²) >= 11 is 0. The smallest absolute Gasteiger partial charge is 0.292 e. The van der Waals surface area contributed by atoms with Gasteiger partial charge in [-0.3, -0.25) is 15.0 Å².